The van der Waals surface area contributed by atoms with Gasteiger partial charge in [0.25, 0.3) is 11.8 Å². The summed E-state index contributed by atoms with van der Waals surface area (Å²) in [6.45, 7) is 5.04. The minimum absolute atomic E-state index is 0.0134. The van der Waals surface area contributed by atoms with Gasteiger partial charge >= 0.3 is 0 Å². The highest BCUT2D eigenvalue weighted by Gasteiger charge is 2.29. The van der Waals surface area contributed by atoms with Crippen molar-refractivity contribution >= 4 is 23.2 Å². The molecule has 3 aromatic rings. The molecule has 8 nitrogen and oxygen atoms in total. The Kier molecular flexibility index (Phi) is 7.08. The molecule has 2 aromatic carbocycles. The lowest BCUT2D eigenvalue weighted by Crippen LogP contribution is -2.34. The van der Waals surface area contributed by atoms with Crippen LogP contribution in [0.1, 0.15) is 54.4 Å². The first-order valence-electron chi connectivity index (χ1n) is 12.4. The van der Waals surface area contributed by atoms with Crippen LogP contribution in [-0.4, -0.2) is 58.1 Å². The molecular formula is C28H31N3O5S. The molecule has 0 unspecified atom stereocenters. The maximum atomic E-state index is 13.4. The molecule has 2 amide bonds. The van der Waals surface area contributed by atoms with E-state index < -0.39 is 11.8 Å². The van der Waals surface area contributed by atoms with E-state index in [2.05, 4.69) is 5.32 Å². The number of aryl methyl sites for hydroxylation is 1. The second-order valence-electron chi connectivity index (χ2n) is 9.72. The molecule has 0 radical (unpaired) electrons. The zero-order chi connectivity index (χ0) is 26.1. The molecule has 1 aromatic heterocycles. The minimum Gasteiger partial charge on any atom is -0.507 e. The monoisotopic (exact) mass is 521 g/mol. The van der Waals surface area contributed by atoms with Crippen LogP contribution in [0.4, 0.5) is 0 Å². The number of hydrogen-bond acceptors (Lipinski definition) is 7. The van der Waals surface area contributed by atoms with Crippen molar-refractivity contribution in [1.29, 1.82) is 0 Å². The van der Waals surface area contributed by atoms with E-state index >= 15 is 0 Å². The van der Waals surface area contributed by atoms with Crippen LogP contribution in [0.15, 0.2) is 42.5 Å². The maximum absolute atomic E-state index is 13.4. The number of piperidine rings is 1. The van der Waals surface area contributed by atoms with Gasteiger partial charge in [0.05, 0.1) is 17.7 Å². The number of rotatable bonds is 6. The number of nitrogens with one attached hydrogen (secondary N) is 1. The summed E-state index contributed by atoms with van der Waals surface area (Å²) in [6, 6.07) is 12.2. The lowest BCUT2D eigenvalue weighted by molar-refractivity contribution is 0.0748. The van der Waals surface area contributed by atoms with Gasteiger partial charge in [-0.15, -0.1) is 11.3 Å². The summed E-state index contributed by atoms with van der Waals surface area (Å²) < 4.78 is 6.15. The molecule has 5 rings (SSSR count). The van der Waals surface area contributed by atoms with E-state index in [1.807, 2.05) is 37.3 Å². The van der Waals surface area contributed by atoms with Gasteiger partial charge in [-0.2, -0.15) is 0 Å². The molecular weight excluding hydrogens is 490 g/mol. The van der Waals surface area contributed by atoms with E-state index in [4.69, 9.17) is 4.74 Å². The lowest BCUT2D eigenvalue weighted by atomic mass is 10.1. The Morgan fingerprint density at radius 1 is 1.03 bits per heavy atom. The average molecular weight is 522 g/mol. The van der Waals surface area contributed by atoms with Crippen LogP contribution in [0.25, 0.3) is 0 Å². The van der Waals surface area contributed by atoms with Gasteiger partial charge in [0.2, 0.25) is 0 Å². The van der Waals surface area contributed by atoms with Crippen LogP contribution >= 0.6 is 11.3 Å². The fourth-order valence-corrected chi connectivity index (χ4v) is 5.81. The number of thiophene rings is 1. The predicted molar refractivity (Wildman–Crippen MR) is 141 cm³/mol. The number of ether oxygens (including phenoxy) is 1. The maximum Gasteiger partial charge on any atom is 0.258 e. The highest BCUT2D eigenvalue weighted by Crippen LogP contribution is 2.33. The molecule has 0 aliphatic carbocycles. The van der Waals surface area contributed by atoms with Crippen molar-refractivity contribution in [2.24, 2.45) is 0 Å². The Morgan fingerprint density at radius 3 is 2.49 bits per heavy atom. The van der Waals surface area contributed by atoms with E-state index in [1.54, 1.807) is 23.3 Å². The molecule has 0 atom stereocenters. The summed E-state index contributed by atoms with van der Waals surface area (Å²) in [4.78, 5) is 31.8. The van der Waals surface area contributed by atoms with Gasteiger partial charge in [0, 0.05) is 36.0 Å². The quantitative estimate of drug-likeness (QED) is 0.453. The van der Waals surface area contributed by atoms with Gasteiger partial charge in [-0.3, -0.25) is 9.59 Å². The Morgan fingerprint density at radius 2 is 1.76 bits per heavy atom. The first kappa shape index (κ1) is 25.1. The Hall–Kier alpha value is -3.56. The normalized spacial score (nSPS) is 15.5. The first-order valence-corrected chi connectivity index (χ1v) is 13.3. The number of phenolic OH excluding ortho intramolecular Hbond substituents is 2. The van der Waals surface area contributed by atoms with Crippen molar-refractivity contribution in [3.8, 4) is 17.2 Å². The third-order valence-corrected chi connectivity index (χ3v) is 7.87. The molecule has 0 bridgehead atoms. The van der Waals surface area contributed by atoms with Crippen LogP contribution in [0, 0.1) is 6.92 Å². The van der Waals surface area contributed by atoms with Gasteiger partial charge in [-0.05, 0) is 74.3 Å². The number of carbonyl (C=O) groups is 2. The molecule has 3 heterocycles. The van der Waals surface area contributed by atoms with E-state index in [9.17, 15) is 19.8 Å². The Bertz CT molecular complexity index is 1330. The second kappa shape index (κ2) is 10.4. The van der Waals surface area contributed by atoms with Gasteiger partial charge in [-0.1, -0.05) is 6.07 Å². The summed E-state index contributed by atoms with van der Waals surface area (Å²) >= 11 is 1.60. The van der Waals surface area contributed by atoms with Crippen molar-refractivity contribution in [3.63, 3.8) is 0 Å². The van der Waals surface area contributed by atoms with E-state index in [0.29, 0.717) is 19.6 Å². The third kappa shape index (κ3) is 5.42. The zero-order valence-electron chi connectivity index (χ0n) is 21.0. The highest BCUT2D eigenvalue weighted by atomic mass is 32.1. The molecule has 1 saturated heterocycles. The van der Waals surface area contributed by atoms with Crippen LogP contribution in [0.3, 0.4) is 0 Å². The fraction of sp³-hybridized carbons (Fsp3) is 0.357. The van der Waals surface area contributed by atoms with Crippen LogP contribution in [0.5, 0.6) is 17.2 Å². The molecule has 1 fully saturated rings. The minimum atomic E-state index is -0.429. The molecule has 0 spiro atoms. The van der Waals surface area contributed by atoms with Gasteiger partial charge < -0.3 is 30.1 Å². The van der Waals surface area contributed by atoms with Crippen LogP contribution < -0.4 is 10.1 Å². The van der Waals surface area contributed by atoms with Crippen molar-refractivity contribution < 1.29 is 24.5 Å². The summed E-state index contributed by atoms with van der Waals surface area (Å²) in [6.07, 6.45) is 2.11. The number of amides is 2. The summed E-state index contributed by atoms with van der Waals surface area (Å²) in [5.41, 5.74) is 1.98. The molecule has 9 heteroatoms. The number of phenols is 2. The highest BCUT2D eigenvalue weighted by molar-refractivity contribution is 7.11. The van der Waals surface area contributed by atoms with Crippen molar-refractivity contribution in [2.45, 2.75) is 45.5 Å². The van der Waals surface area contributed by atoms with E-state index in [-0.39, 0.29) is 28.7 Å². The standard InChI is InChI=1S/C28H31N3O5S/c1-17-3-6-22(37-17)16-30(2)27(34)23-12-24(26(33)13-25(23)32)28(35)31-14-18-4-5-21(11-19(18)15-31)36-20-7-9-29-10-8-20/h3-6,11-13,20,29,32-33H,7-10,14-16H2,1-2H3. The second-order valence-corrected chi connectivity index (χ2v) is 11.1. The van der Waals surface area contributed by atoms with Crippen LogP contribution in [-0.2, 0) is 19.6 Å². The predicted octanol–water partition coefficient (Wildman–Crippen LogP) is 4.03. The molecule has 3 N–H and O–H groups in total. The summed E-state index contributed by atoms with van der Waals surface area (Å²) in [5, 5.41) is 24.2. The molecule has 194 valence electrons. The SMILES string of the molecule is Cc1ccc(CN(C)C(=O)c2cc(C(=O)N3Cc4ccc(OC5CCNCC5)cc4C3)c(O)cc2O)s1. The molecule has 2 aliphatic rings. The lowest BCUT2D eigenvalue weighted by Gasteiger charge is -2.24. The number of benzene rings is 2. The number of carbonyl (C=O) groups excluding carboxylic acids is 2. The number of aromatic hydroxyl groups is 2. The van der Waals surface area contributed by atoms with Gasteiger partial charge in [-0.25, -0.2) is 0 Å². The van der Waals surface area contributed by atoms with E-state index in [1.165, 1.54) is 11.0 Å². The number of fused-ring (bicyclic) bond motifs is 1. The Labute approximate surface area is 220 Å². The fourth-order valence-electron chi connectivity index (χ4n) is 4.86. The molecule has 0 saturated carbocycles. The zero-order valence-corrected chi connectivity index (χ0v) is 21.8. The molecule has 37 heavy (non-hydrogen) atoms. The van der Waals surface area contributed by atoms with Crippen molar-refractivity contribution in [1.82, 2.24) is 15.1 Å². The van der Waals surface area contributed by atoms with E-state index in [0.717, 1.165) is 58.6 Å². The van der Waals surface area contributed by atoms with Crippen molar-refractivity contribution in [3.05, 3.63) is 74.5 Å². The number of nitrogens with zero attached hydrogens (tertiary/aromatic N) is 2. The topological polar surface area (TPSA) is 102 Å². The van der Waals surface area contributed by atoms with Gasteiger partial charge in [0.1, 0.15) is 23.4 Å². The summed E-state index contributed by atoms with van der Waals surface area (Å²) in [7, 11) is 1.64. The third-order valence-electron chi connectivity index (χ3n) is 6.89. The molecule has 2 aliphatic heterocycles. The average Bonchev–Trinajstić information content (AvgIpc) is 3.49. The first-order chi connectivity index (χ1) is 17.8. The van der Waals surface area contributed by atoms with Gasteiger partial charge in [0.15, 0.2) is 0 Å². The largest absolute Gasteiger partial charge is 0.507 e. The Balaban J connectivity index is 1.31. The summed E-state index contributed by atoms with van der Waals surface area (Å²) in [5.74, 6) is -0.759. The van der Waals surface area contributed by atoms with Crippen molar-refractivity contribution in [2.75, 3.05) is 20.1 Å². The van der Waals surface area contributed by atoms with Crippen LogP contribution in [0.2, 0.25) is 0 Å². The smallest absolute Gasteiger partial charge is 0.258 e. The number of hydrogen-bond donors (Lipinski definition) is 3.